The van der Waals surface area contributed by atoms with Gasteiger partial charge in [-0.1, -0.05) is 11.8 Å². The Kier molecular flexibility index (Phi) is 5.84. The molecule has 6 nitrogen and oxygen atoms in total. The maximum atomic E-state index is 12.6. The number of hydrogen-bond acceptors (Lipinski definition) is 5. The van der Waals surface area contributed by atoms with Crippen molar-refractivity contribution in [2.75, 3.05) is 13.7 Å². The smallest absolute Gasteiger partial charge is 0.413 e. The fourth-order valence-electron chi connectivity index (χ4n) is 2.66. The van der Waals surface area contributed by atoms with Crippen LogP contribution in [-0.4, -0.2) is 53.3 Å². The summed E-state index contributed by atoms with van der Waals surface area (Å²) in [4.78, 5) is 14.0. The van der Waals surface area contributed by atoms with Crippen LogP contribution >= 0.6 is 0 Å². The van der Waals surface area contributed by atoms with Gasteiger partial charge in [-0.2, -0.15) is 0 Å². The molecular weight excluding hydrogens is 334 g/mol. The molecule has 6 heteroatoms. The number of nitrogens with zero attached hydrogens (tertiary/aromatic N) is 1. The molecule has 1 aromatic carbocycles. The van der Waals surface area contributed by atoms with Gasteiger partial charge >= 0.3 is 6.09 Å². The predicted molar refractivity (Wildman–Crippen MR) is 97.8 cm³/mol. The minimum Gasteiger partial charge on any atom is -0.497 e. The van der Waals surface area contributed by atoms with Crippen LogP contribution in [0.3, 0.4) is 0 Å². The Labute approximate surface area is 155 Å². The fourth-order valence-corrected chi connectivity index (χ4v) is 2.66. The molecule has 0 aliphatic carbocycles. The summed E-state index contributed by atoms with van der Waals surface area (Å²) in [5.74, 6) is 6.45. The number of aliphatic hydroxyl groups is 1. The molecule has 26 heavy (non-hydrogen) atoms. The minimum atomic E-state index is -1.06. The van der Waals surface area contributed by atoms with E-state index in [-0.39, 0.29) is 6.61 Å². The van der Waals surface area contributed by atoms with E-state index in [0.29, 0.717) is 0 Å². The van der Waals surface area contributed by atoms with Crippen molar-refractivity contribution in [1.82, 2.24) is 4.90 Å². The van der Waals surface area contributed by atoms with Crippen molar-refractivity contribution in [3.8, 4) is 17.6 Å². The highest BCUT2D eigenvalue weighted by Crippen LogP contribution is 2.30. The fraction of sp³-hybridized carbons (Fsp3) is 0.550. The van der Waals surface area contributed by atoms with Crippen molar-refractivity contribution in [2.45, 2.75) is 58.1 Å². The molecule has 2 atom stereocenters. The van der Waals surface area contributed by atoms with Crippen molar-refractivity contribution >= 4 is 6.09 Å². The number of carbonyl (C=O) groups is 1. The van der Waals surface area contributed by atoms with Gasteiger partial charge in [-0.15, -0.1) is 0 Å². The summed E-state index contributed by atoms with van der Waals surface area (Å²) in [7, 11) is 1.59. The largest absolute Gasteiger partial charge is 0.497 e. The summed E-state index contributed by atoms with van der Waals surface area (Å²) in [5, 5.41) is 10.5. The molecule has 0 radical (unpaired) electrons. The quantitative estimate of drug-likeness (QED) is 0.821. The molecule has 0 aromatic heterocycles. The number of ether oxygens (including phenoxy) is 3. The lowest BCUT2D eigenvalue weighted by molar-refractivity contribution is -0.0658. The number of aliphatic hydroxyl groups excluding tert-OH is 1. The Hall–Kier alpha value is -2.23. The number of methoxy groups -OCH3 is 1. The molecule has 0 saturated carbocycles. The normalized spacial score (nSPS) is 20.1. The van der Waals surface area contributed by atoms with Gasteiger partial charge in [0.05, 0.1) is 19.8 Å². The lowest BCUT2D eigenvalue weighted by Gasteiger charge is -2.35. The van der Waals surface area contributed by atoms with Gasteiger partial charge in [-0.25, -0.2) is 4.79 Å². The standard InChI is InChI=1S/C20H27NO5/c1-19(2,3)26-18(23)21-16(13-25-20(21,4)5)17(22)12-9-14-7-10-15(24-6)11-8-14/h7-8,10-11,16-17,22H,13H2,1-6H3/t16-,17+/m1/s1. The minimum absolute atomic E-state index is 0.185. The van der Waals surface area contributed by atoms with Crippen LogP contribution in [0.1, 0.15) is 40.2 Å². The monoisotopic (exact) mass is 361 g/mol. The van der Waals surface area contributed by atoms with Gasteiger partial charge in [0, 0.05) is 5.56 Å². The van der Waals surface area contributed by atoms with E-state index < -0.39 is 29.6 Å². The SMILES string of the molecule is COc1ccc(C#C[C@H](O)[C@H]2COC(C)(C)N2C(=O)OC(C)(C)C)cc1. The zero-order valence-corrected chi connectivity index (χ0v) is 16.2. The van der Waals surface area contributed by atoms with E-state index in [4.69, 9.17) is 14.2 Å². The summed E-state index contributed by atoms with van der Waals surface area (Å²) in [6.07, 6.45) is -1.60. The van der Waals surface area contributed by atoms with Crippen LogP contribution in [0.15, 0.2) is 24.3 Å². The molecule has 1 saturated heterocycles. The Bertz CT molecular complexity index is 694. The van der Waals surface area contributed by atoms with Crippen molar-refractivity contribution in [3.63, 3.8) is 0 Å². The van der Waals surface area contributed by atoms with Crippen LogP contribution in [0.5, 0.6) is 5.75 Å². The van der Waals surface area contributed by atoms with Crippen LogP contribution < -0.4 is 4.74 Å². The second kappa shape index (κ2) is 7.56. The molecule has 1 aliphatic heterocycles. The highest BCUT2D eigenvalue weighted by atomic mass is 16.6. The zero-order chi connectivity index (χ0) is 19.5. The molecule has 0 bridgehead atoms. The van der Waals surface area contributed by atoms with Gasteiger partial charge in [0.1, 0.15) is 23.2 Å². The summed E-state index contributed by atoms with van der Waals surface area (Å²) in [6, 6.07) is 6.60. The molecule has 1 N–H and O–H groups in total. The maximum absolute atomic E-state index is 12.6. The van der Waals surface area contributed by atoms with E-state index in [1.807, 2.05) is 0 Å². The molecule has 142 valence electrons. The first kappa shape index (κ1) is 20.1. The molecule has 1 heterocycles. The topological polar surface area (TPSA) is 68.2 Å². The number of hydrogen-bond donors (Lipinski definition) is 1. The first-order chi connectivity index (χ1) is 12.0. The Balaban J connectivity index is 2.17. The first-order valence-corrected chi connectivity index (χ1v) is 8.53. The van der Waals surface area contributed by atoms with E-state index in [2.05, 4.69) is 11.8 Å². The first-order valence-electron chi connectivity index (χ1n) is 8.53. The van der Waals surface area contributed by atoms with Crippen LogP contribution in [0.2, 0.25) is 0 Å². The molecular formula is C20H27NO5. The highest BCUT2D eigenvalue weighted by Gasteiger charge is 2.48. The Morgan fingerprint density at radius 1 is 1.35 bits per heavy atom. The second-order valence-electron chi connectivity index (χ2n) is 7.62. The maximum Gasteiger partial charge on any atom is 0.413 e. The molecule has 1 aromatic rings. The Morgan fingerprint density at radius 3 is 2.50 bits per heavy atom. The number of amides is 1. The summed E-state index contributed by atoms with van der Waals surface area (Å²) >= 11 is 0. The Morgan fingerprint density at radius 2 is 1.96 bits per heavy atom. The lowest BCUT2D eigenvalue weighted by Crippen LogP contribution is -2.53. The van der Waals surface area contributed by atoms with Gasteiger partial charge in [0.15, 0.2) is 0 Å². The van der Waals surface area contributed by atoms with E-state index in [1.165, 1.54) is 4.90 Å². The third-order valence-electron chi connectivity index (χ3n) is 3.93. The van der Waals surface area contributed by atoms with E-state index in [0.717, 1.165) is 11.3 Å². The second-order valence-corrected chi connectivity index (χ2v) is 7.62. The molecule has 0 spiro atoms. The molecule has 1 fully saturated rings. The summed E-state index contributed by atoms with van der Waals surface area (Å²) < 4.78 is 16.3. The van der Waals surface area contributed by atoms with E-state index in [9.17, 15) is 9.90 Å². The summed E-state index contributed by atoms with van der Waals surface area (Å²) in [5.41, 5.74) is -0.776. The number of carbonyl (C=O) groups excluding carboxylic acids is 1. The van der Waals surface area contributed by atoms with E-state index >= 15 is 0 Å². The van der Waals surface area contributed by atoms with Crippen LogP contribution in [0.25, 0.3) is 0 Å². The van der Waals surface area contributed by atoms with Crippen molar-refractivity contribution in [1.29, 1.82) is 0 Å². The third-order valence-corrected chi connectivity index (χ3v) is 3.93. The van der Waals surface area contributed by atoms with Crippen molar-refractivity contribution in [3.05, 3.63) is 29.8 Å². The number of rotatable bonds is 2. The molecule has 1 amide bonds. The lowest BCUT2D eigenvalue weighted by atomic mass is 10.1. The van der Waals surface area contributed by atoms with Gasteiger partial charge in [0.2, 0.25) is 0 Å². The van der Waals surface area contributed by atoms with Crippen LogP contribution in [0, 0.1) is 11.8 Å². The predicted octanol–water partition coefficient (Wildman–Crippen LogP) is 2.78. The van der Waals surface area contributed by atoms with Gasteiger partial charge in [0.25, 0.3) is 0 Å². The average molecular weight is 361 g/mol. The molecule has 0 unspecified atom stereocenters. The van der Waals surface area contributed by atoms with E-state index in [1.54, 1.807) is 66.0 Å². The van der Waals surface area contributed by atoms with Crippen LogP contribution in [0.4, 0.5) is 4.79 Å². The average Bonchev–Trinajstić information content (AvgIpc) is 2.87. The summed E-state index contributed by atoms with van der Waals surface area (Å²) in [6.45, 7) is 9.10. The zero-order valence-electron chi connectivity index (χ0n) is 16.2. The van der Waals surface area contributed by atoms with Gasteiger partial charge in [-0.3, -0.25) is 4.90 Å². The highest BCUT2D eigenvalue weighted by molar-refractivity contribution is 5.70. The molecule has 1 aliphatic rings. The van der Waals surface area contributed by atoms with Gasteiger partial charge < -0.3 is 19.3 Å². The molecule has 2 rings (SSSR count). The van der Waals surface area contributed by atoms with Gasteiger partial charge in [-0.05, 0) is 58.9 Å². The third kappa shape index (κ3) is 4.90. The van der Waals surface area contributed by atoms with Crippen LogP contribution in [-0.2, 0) is 9.47 Å². The number of benzene rings is 1. The van der Waals surface area contributed by atoms with Crippen molar-refractivity contribution < 1.29 is 24.1 Å². The van der Waals surface area contributed by atoms with Crippen molar-refractivity contribution in [2.24, 2.45) is 0 Å².